The van der Waals surface area contributed by atoms with E-state index in [9.17, 15) is 0 Å². The number of thioether (sulfide) groups is 1. The summed E-state index contributed by atoms with van der Waals surface area (Å²) in [6, 6.07) is 4.09. The highest BCUT2D eigenvalue weighted by Crippen LogP contribution is 2.44. The fourth-order valence-electron chi connectivity index (χ4n) is 2.69. The van der Waals surface area contributed by atoms with E-state index in [2.05, 4.69) is 12.3 Å². The lowest BCUT2D eigenvalue weighted by atomic mass is 9.89. The Kier molecular flexibility index (Phi) is 4.07. The molecule has 3 nitrogen and oxygen atoms in total. The van der Waals surface area contributed by atoms with Crippen LogP contribution in [0, 0.1) is 0 Å². The fraction of sp³-hybridized carbons (Fsp3) is 0.571. The van der Waals surface area contributed by atoms with Gasteiger partial charge in [-0.05, 0) is 36.8 Å². The van der Waals surface area contributed by atoms with Crippen LogP contribution in [0.2, 0.25) is 0 Å². The van der Waals surface area contributed by atoms with Crippen molar-refractivity contribution in [2.24, 2.45) is 5.73 Å². The second kappa shape index (κ2) is 5.41. The lowest BCUT2D eigenvalue weighted by Gasteiger charge is -2.27. The third-order valence-electron chi connectivity index (χ3n) is 3.74. The maximum atomic E-state index is 6.56. The molecule has 1 aliphatic rings. The van der Waals surface area contributed by atoms with Crippen molar-refractivity contribution in [3.8, 4) is 11.5 Å². The molecule has 0 unspecified atom stereocenters. The summed E-state index contributed by atoms with van der Waals surface area (Å²) in [6.45, 7) is 0. The van der Waals surface area contributed by atoms with E-state index in [1.165, 1.54) is 23.3 Å². The van der Waals surface area contributed by atoms with Gasteiger partial charge < -0.3 is 15.2 Å². The van der Waals surface area contributed by atoms with Crippen LogP contribution < -0.4 is 15.2 Å². The van der Waals surface area contributed by atoms with Gasteiger partial charge in [0.25, 0.3) is 0 Å². The third-order valence-corrected chi connectivity index (χ3v) is 4.52. The summed E-state index contributed by atoms with van der Waals surface area (Å²) in [5.74, 6) is 1.54. The zero-order valence-electron chi connectivity index (χ0n) is 11.3. The summed E-state index contributed by atoms with van der Waals surface area (Å²) >= 11 is 1.71. The van der Waals surface area contributed by atoms with E-state index >= 15 is 0 Å². The minimum atomic E-state index is -0.197. The largest absolute Gasteiger partial charge is 0.493 e. The summed E-state index contributed by atoms with van der Waals surface area (Å²) in [7, 11) is 3.33. The number of nitrogens with two attached hydrogens (primary N) is 1. The SMILES string of the molecule is COc1cc(SC)c(C2(N)CCCC2)cc1OC. The molecule has 1 aliphatic carbocycles. The summed E-state index contributed by atoms with van der Waals surface area (Å²) in [6.07, 6.45) is 6.59. The topological polar surface area (TPSA) is 44.5 Å². The molecule has 1 aromatic carbocycles. The standard InChI is InChI=1S/C14H21NO2S/c1-16-11-8-10(14(15)6-4-5-7-14)13(18-3)9-12(11)17-2/h8-9H,4-7,15H2,1-3H3. The van der Waals surface area contributed by atoms with E-state index in [1.807, 2.05) is 6.07 Å². The predicted octanol–water partition coefficient (Wildman–Crippen LogP) is 3.15. The molecule has 0 bridgehead atoms. The first-order valence-electron chi connectivity index (χ1n) is 6.24. The maximum Gasteiger partial charge on any atom is 0.161 e. The first-order valence-corrected chi connectivity index (χ1v) is 7.46. The van der Waals surface area contributed by atoms with Gasteiger partial charge in [-0.15, -0.1) is 11.8 Å². The van der Waals surface area contributed by atoms with Crippen LogP contribution in [0.15, 0.2) is 17.0 Å². The van der Waals surface area contributed by atoms with Gasteiger partial charge in [-0.2, -0.15) is 0 Å². The van der Waals surface area contributed by atoms with Gasteiger partial charge in [0, 0.05) is 10.4 Å². The van der Waals surface area contributed by atoms with Crippen LogP contribution >= 0.6 is 11.8 Å². The molecule has 2 N–H and O–H groups in total. The summed E-state index contributed by atoms with van der Waals surface area (Å²) in [5.41, 5.74) is 7.56. The molecule has 0 amide bonds. The highest BCUT2D eigenvalue weighted by Gasteiger charge is 2.34. The van der Waals surface area contributed by atoms with Gasteiger partial charge in [-0.25, -0.2) is 0 Å². The molecule has 1 saturated carbocycles. The molecule has 4 heteroatoms. The lowest BCUT2D eigenvalue weighted by Crippen LogP contribution is -2.33. The van der Waals surface area contributed by atoms with Gasteiger partial charge in [0.15, 0.2) is 11.5 Å². The predicted molar refractivity (Wildman–Crippen MR) is 75.7 cm³/mol. The van der Waals surface area contributed by atoms with Crippen molar-refractivity contribution in [3.05, 3.63) is 17.7 Å². The highest BCUT2D eigenvalue weighted by molar-refractivity contribution is 7.98. The molecule has 0 aliphatic heterocycles. The van der Waals surface area contributed by atoms with Crippen LogP contribution in [-0.4, -0.2) is 20.5 Å². The van der Waals surface area contributed by atoms with Crippen molar-refractivity contribution < 1.29 is 9.47 Å². The van der Waals surface area contributed by atoms with Crippen molar-refractivity contribution in [3.63, 3.8) is 0 Å². The molecule has 1 fully saturated rings. The number of hydrogen-bond acceptors (Lipinski definition) is 4. The van der Waals surface area contributed by atoms with Gasteiger partial charge in [-0.3, -0.25) is 0 Å². The van der Waals surface area contributed by atoms with Gasteiger partial charge in [0.05, 0.1) is 14.2 Å². The van der Waals surface area contributed by atoms with E-state index in [4.69, 9.17) is 15.2 Å². The molecular weight excluding hydrogens is 246 g/mol. The van der Waals surface area contributed by atoms with Crippen LogP contribution in [0.4, 0.5) is 0 Å². The monoisotopic (exact) mass is 267 g/mol. The average molecular weight is 267 g/mol. The van der Waals surface area contributed by atoms with Gasteiger partial charge >= 0.3 is 0 Å². The van der Waals surface area contributed by atoms with Gasteiger partial charge in [0.2, 0.25) is 0 Å². The Morgan fingerprint density at radius 1 is 1.11 bits per heavy atom. The molecular formula is C14H21NO2S. The van der Waals surface area contributed by atoms with Crippen molar-refractivity contribution in [1.29, 1.82) is 0 Å². The van der Waals surface area contributed by atoms with E-state index < -0.39 is 0 Å². The molecule has 0 spiro atoms. The van der Waals surface area contributed by atoms with Crippen LogP contribution in [0.1, 0.15) is 31.2 Å². The second-order valence-electron chi connectivity index (χ2n) is 4.77. The second-order valence-corrected chi connectivity index (χ2v) is 5.62. The molecule has 0 atom stereocenters. The maximum absolute atomic E-state index is 6.56. The number of hydrogen-bond donors (Lipinski definition) is 1. The summed E-state index contributed by atoms with van der Waals surface area (Å²) in [4.78, 5) is 1.19. The molecule has 0 radical (unpaired) electrons. The lowest BCUT2D eigenvalue weighted by molar-refractivity contribution is 0.350. The minimum Gasteiger partial charge on any atom is -0.493 e. The molecule has 0 saturated heterocycles. The van der Waals surface area contributed by atoms with Crippen LogP contribution in [0.5, 0.6) is 11.5 Å². The van der Waals surface area contributed by atoms with Crippen LogP contribution in [-0.2, 0) is 5.54 Å². The number of methoxy groups -OCH3 is 2. The average Bonchev–Trinajstić information content (AvgIpc) is 2.85. The zero-order chi connectivity index (χ0) is 13.2. The Labute approximate surface area is 113 Å². The van der Waals surface area contributed by atoms with Crippen molar-refractivity contribution in [2.45, 2.75) is 36.1 Å². The summed E-state index contributed by atoms with van der Waals surface area (Å²) < 4.78 is 10.7. The Balaban J connectivity index is 2.51. The van der Waals surface area contributed by atoms with Crippen LogP contribution in [0.25, 0.3) is 0 Å². The molecule has 2 rings (SSSR count). The van der Waals surface area contributed by atoms with Crippen molar-refractivity contribution >= 4 is 11.8 Å². The van der Waals surface area contributed by atoms with E-state index in [-0.39, 0.29) is 5.54 Å². The Bertz CT molecular complexity index is 428. The number of ether oxygens (including phenoxy) is 2. The number of rotatable bonds is 4. The van der Waals surface area contributed by atoms with Gasteiger partial charge in [-0.1, -0.05) is 12.8 Å². The van der Waals surface area contributed by atoms with Crippen LogP contribution in [0.3, 0.4) is 0 Å². The van der Waals surface area contributed by atoms with E-state index in [0.29, 0.717) is 0 Å². The zero-order valence-corrected chi connectivity index (χ0v) is 12.1. The quantitative estimate of drug-likeness (QED) is 0.851. The third kappa shape index (κ3) is 2.31. The summed E-state index contributed by atoms with van der Waals surface area (Å²) in [5, 5.41) is 0. The van der Waals surface area contributed by atoms with Crippen molar-refractivity contribution in [1.82, 2.24) is 0 Å². The van der Waals surface area contributed by atoms with Gasteiger partial charge in [0.1, 0.15) is 0 Å². The molecule has 0 aromatic heterocycles. The molecule has 1 aromatic rings. The molecule has 18 heavy (non-hydrogen) atoms. The highest BCUT2D eigenvalue weighted by atomic mass is 32.2. The normalized spacial score (nSPS) is 17.8. The first kappa shape index (κ1) is 13.6. The minimum absolute atomic E-state index is 0.197. The Morgan fingerprint density at radius 2 is 1.67 bits per heavy atom. The molecule has 0 heterocycles. The Morgan fingerprint density at radius 3 is 2.17 bits per heavy atom. The number of benzene rings is 1. The molecule has 100 valence electrons. The smallest absolute Gasteiger partial charge is 0.161 e. The van der Waals surface area contributed by atoms with E-state index in [0.717, 1.165) is 24.3 Å². The first-order chi connectivity index (χ1) is 8.64. The van der Waals surface area contributed by atoms with E-state index in [1.54, 1.807) is 26.0 Å². The fourth-order valence-corrected chi connectivity index (χ4v) is 3.40. The Hall–Kier alpha value is -0.870. The van der Waals surface area contributed by atoms with Crippen molar-refractivity contribution in [2.75, 3.05) is 20.5 Å².